The highest BCUT2D eigenvalue weighted by Gasteiger charge is 2.26. The van der Waals surface area contributed by atoms with E-state index in [0.29, 0.717) is 17.9 Å². The third kappa shape index (κ3) is 3.71. The average Bonchev–Trinajstić information content (AvgIpc) is 3.17. The Morgan fingerprint density at radius 3 is 2.53 bits per heavy atom. The molecule has 1 aliphatic rings. The smallest absolute Gasteiger partial charge is 0.341 e. The zero-order chi connectivity index (χ0) is 23.8. The summed E-state index contributed by atoms with van der Waals surface area (Å²) >= 11 is 0. The summed E-state index contributed by atoms with van der Waals surface area (Å²) in [6.07, 6.45) is 4.02. The van der Waals surface area contributed by atoms with E-state index in [9.17, 15) is 14.7 Å². The van der Waals surface area contributed by atoms with Crippen molar-refractivity contribution in [2.24, 2.45) is 5.73 Å². The molecule has 1 amide bonds. The van der Waals surface area contributed by atoms with Gasteiger partial charge in [-0.3, -0.25) is 4.79 Å². The molecule has 0 saturated carbocycles. The van der Waals surface area contributed by atoms with Gasteiger partial charge in [-0.05, 0) is 60.1 Å². The van der Waals surface area contributed by atoms with Crippen LogP contribution in [0.4, 0.5) is 0 Å². The third-order valence-corrected chi connectivity index (χ3v) is 6.60. The Morgan fingerprint density at radius 2 is 1.79 bits per heavy atom. The van der Waals surface area contributed by atoms with Crippen LogP contribution in [0.2, 0.25) is 0 Å². The molecule has 0 spiro atoms. The molecule has 1 aromatic heterocycles. The van der Waals surface area contributed by atoms with Crippen LogP contribution in [0.15, 0.2) is 61.2 Å². The highest BCUT2D eigenvalue weighted by molar-refractivity contribution is 6.26. The number of nitrogens with zero attached hydrogens (tertiary/aromatic N) is 1. The number of hydrogen-bond acceptors (Lipinski definition) is 3. The number of ether oxygens (including phenoxy) is 1. The molecule has 3 aromatic carbocycles. The first-order chi connectivity index (χ1) is 16.5. The number of aryl methyl sites for hydroxylation is 2. The van der Waals surface area contributed by atoms with Crippen LogP contribution >= 0.6 is 0 Å². The van der Waals surface area contributed by atoms with E-state index in [0.717, 1.165) is 53.1 Å². The van der Waals surface area contributed by atoms with Gasteiger partial charge in [0, 0.05) is 17.5 Å². The molecule has 6 heteroatoms. The van der Waals surface area contributed by atoms with E-state index in [1.165, 1.54) is 11.1 Å². The van der Waals surface area contributed by atoms with E-state index < -0.39 is 18.5 Å². The molecule has 4 aromatic rings. The van der Waals surface area contributed by atoms with Crippen molar-refractivity contribution in [2.45, 2.75) is 32.2 Å². The van der Waals surface area contributed by atoms with Crippen molar-refractivity contribution in [3.63, 3.8) is 0 Å². The van der Waals surface area contributed by atoms with Gasteiger partial charge in [0.15, 0.2) is 6.61 Å². The molecule has 6 nitrogen and oxygen atoms in total. The largest absolute Gasteiger partial charge is 0.481 e. The Bertz CT molecular complexity index is 1450. The van der Waals surface area contributed by atoms with E-state index >= 15 is 0 Å². The molecule has 0 radical (unpaired) electrons. The minimum absolute atomic E-state index is 0.214. The highest BCUT2D eigenvalue weighted by atomic mass is 16.5. The molecule has 0 unspecified atom stereocenters. The van der Waals surface area contributed by atoms with Crippen molar-refractivity contribution < 1.29 is 19.4 Å². The standard InChI is InChI=1S/C28H26N2O4/c1-17(28(29)33)20-12-7-13-22-25(20)26-23(34-16-24(31)32)14-19-10-5-6-11-21(19)27(26)30(22)15-18-8-3-2-4-9-18/h2-4,7-9,12-14H,1,5-6,10-11,15-16H2,(H2,29,33)(H,31,32). The number of benzene rings is 3. The number of carbonyl (C=O) groups excluding carboxylic acids is 1. The van der Waals surface area contributed by atoms with Crippen molar-refractivity contribution >= 4 is 39.3 Å². The summed E-state index contributed by atoms with van der Waals surface area (Å²) in [5.41, 5.74) is 12.0. The summed E-state index contributed by atoms with van der Waals surface area (Å²) < 4.78 is 8.11. The molecular weight excluding hydrogens is 428 g/mol. The number of carboxylic acid groups (broad SMARTS) is 1. The maximum atomic E-state index is 12.1. The maximum Gasteiger partial charge on any atom is 0.341 e. The lowest BCUT2D eigenvalue weighted by Crippen LogP contribution is -2.12. The number of hydrogen-bond donors (Lipinski definition) is 2. The number of primary amides is 1. The quantitative estimate of drug-likeness (QED) is 0.396. The third-order valence-electron chi connectivity index (χ3n) is 6.60. The Hall–Kier alpha value is -4.06. The van der Waals surface area contributed by atoms with E-state index in [1.54, 1.807) is 0 Å². The number of rotatable bonds is 7. The summed E-state index contributed by atoms with van der Waals surface area (Å²) in [6, 6.07) is 17.9. The van der Waals surface area contributed by atoms with Gasteiger partial charge < -0.3 is 20.1 Å². The molecular formula is C28H26N2O4. The summed E-state index contributed by atoms with van der Waals surface area (Å²) in [6.45, 7) is 4.13. The number of carboxylic acids is 1. The molecule has 0 atom stereocenters. The number of aromatic nitrogens is 1. The van der Waals surface area contributed by atoms with Crippen LogP contribution in [0.5, 0.6) is 5.75 Å². The van der Waals surface area contributed by atoms with Crippen molar-refractivity contribution in [1.29, 1.82) is 0 Å². The van der Waals surface area contributed by atoms with Crippen molar-refractivity contribution in [3.8, 4) is 5.75 Å². The predicted octanol–water partition coefficient (Wildman–Crippen LogP) is 4.68. The number of amides is 1. The number of nitrogens with two attached hydrogens (primary N) is 1. The zero-order valence-electron chi connectivity index (χ0n) is 18.8. The van der Waals surface area contributed by atoms with Gasteiger partial charge in [0.25, 0.3) is 0 Å². The summed E-state index contributed by atoms with van der Waals surface area (Å²) in [7, 11) is 0. The van der Waals surface area contributed by atoms with Crippen LogP contribution < -0.4 is 10.5 Å². The Kier molecular flexibility index (Phi) is 5.57. The Balaban J connectivity index is 1.91. The van der Waals surface area contributed by atoms with Crippen LogP contribution in [0.3, 0.4) is 0 Å². The number of carbonyl (C=O) groups is 2. The van der Waals surface area contributed by atoms with Gasteiger partial charge in [0.1, 0.15) is 5.75 Å². The lowest BCUT2D eigenvalue weighted by atomic mass is 9.88. The first kappa shape index (κ1) is 21.8. The second kappa shape index (κ2) is 8.71. The lowest BCUT2D eigenvalue weighted by molar-refractivity contribution is -0.139. The normalized spacial score (nSPS) is 13.1. The van der Waals surface area contributed by atoms with Crippen LogP contribution in [0.1, 0.15) is 35.1 Å². The summed E-state index contributed by atoms with van der Waals surface area (Å²) in [4.78, 5) is 23.5. The summed E-state index contributed by atoms with van der Waals surface area (Å²) in [5, 5.41) is 10.9. The van der Waals surface area contributed by atoms with Gasteiger partial charge >= 0.3 is 5.97 Å². The van der Waals surface area contributed by atoms with E-state index in [1.807, 2.05) is 42.5 Å². The molecule has 1 aliphatic carbocycles. The minimum atomic E-state index is -1.04. The second-order valence-electron chi connectivity index (χ2n) is 8.74. The Labute approximate surface area is 197 Å². The van der Waals surface area contributed by atoms with Gasteiger partial charge in [-0.1, -0.05) is 49.0 Å². The highest BCUT2D eigenvalue weighted by Crippen LogP contribution is 2.44. The average molecular weight is 455 g/mol. The van der Waals surface area contributed by atoms with Crippen LogP contribution in [-0.2, 0) is 29.0 Å². The molecule has 34 heavy (non-hydrogen) atoms. The summed E-state index contributed by atoms with van der Waals surface area (Å²) in [5.74, 6) is -1.12. The SMILES string of the molecule is C=C(C(N)=O)c1cccc2c1c1c(OCC(=O)O)cc3c(c1n2Cc1ccccc1)CCCC3. The Morgan fingerprint density at radius 1 is 1.03 bits per heavy atom. The monoisotopic (exact) mass is 454 g/mol. The van der Waals surface area contributed by atoms with Crippen molar-refractivity contribution in [3.05, 3.63) is 83.4 Å². The van der Waals surface area contributed by atoms with Crippen molar-refractivity contribution in [2.75, 3.05) is 6.61 Å². The van der Waals surface area contributed by atoms with Gasteiger partial charge in [0.2, 0.25) is 5.91 Å². The molecule has 5 rings (SSSR count). The molecule has 172 valence electrons. The van der Waals surface area contributed by atoms with Crippen LogP contribution in [0.25, 0.3) is 27.4 Å². The fraction of sp³-hybridized carbons (Fsp3) is 0.214. The first-order valence-electron chi connectivity index (χ1n) is 11.4. The molecule has 0 bridgehead atoms. The maximum absolute atomic E-state index is 12.1. The first-order valence-corrected chi connectivity index (χ1v) is 11.4. The van der Waals surface area contributed by atoms with Gasteiger partial charge in [-0.15, -0.1) is 0 Å². The molecule has 0 fully saturated rings. The fourth-order valence-electron chi connectivity index (χ4n) is 5.11. The fourth-order valence-corrected chi connectivity index (χ4v) is 5.11. The lowest BCUT2D eigenvalue weighted by Gasteiger charge is -2.21. The predicted molar refractivity (Wildman–Crippen MR) is 133 cm³/mol. The van der Waals surface area contributed by atoms with Gasteiger partial charge in [-0.2, -0.15) is 0 Å². The molecule has 0 aliphatic heterocycles. The van der Waals surface area contributed by atoms with Gasteiger partial charge in [-0.25, -0.2) is 4.79 Å². The van der Waals surface area contributed by atoms with E-state index in [2.05, 4.69) is 23.3 Å². The number of fused-ring (bicyclic) bond motifs is 5. The van der Waals surface area contributed by atoms with Crippen molar-refractivity contribution in [1.82, 2.24) is 4.57 Å². The molecule has 0 saturated heterocycles. The number of aliphatic carboxylic acids is 1. The van der Waals surface area contributed by atoms with Crippen LogP contribution in [-0.4, -0.2) is 28.2 Å². The van der Waals surface area contributed by atoms with Gasteiger partial charge in [0.05, 0.1) is 16.4 Å². The van der Waals surface area contributed by atoms with E-state index in [-0.39, 0.29) is 5.57 Å². The minimum Gasteiger partial charge on any atom is -0.481 e. The second-order valence-corrected chi connectivity index (χ2v) is 8.74. The molecule has 1 heterocycles. The van der Waals surface area contributed by atoms with Crippen LogP contribution in [0, 0.1) is 0 Å². The zero-order valence-corrected chi connectivity index (χ0v) is 18.8. The molecule has 3 N–H and O–H groups in total. The van der Waals surface area contributed by atoms with E-state index in [4.69, 9.17) is 10.5 Å². The topological polar surface area (TPSA) is 94.6 Å².